The molecule has 110 valence electrons. The average Bonchev–Trinajstić information content (AvgIpc) is 3.10. The van der Waals surface area contributed by atoms with E-state index < -0.39 is 0 Å². The second kappa shape index (κ2) is 5.39. The maximum atomic E-state index is 13.5. The Morgan fingerprint density at radius 2 is 2.10 bits per heavy atom. The van der Waals surface area contributed by atoms with Gasteiger partial charge in [-0.1, -0.05) is 15.9 Å². The van der Waals surface area contributed by atoms with E-state index in [0.717, 1.165) is 35.6 Å². The van der Waals surface area contributed by atoms with Crippen molar-refractivity contribution in [1.29, 1.82) is 0 Å². The molecule has 1 atom stereocenters. The monoisotopic (exact) mass is 340 g/mol. The highest BCUT2D eigenvalue weighted by molar-refractivity contribution is 9.10. The first-order valence-electron chi connectivity index (χ1n) is 7.37. The van der Waals surface area contributed by atoms with Crippen molar-refractivity contribution in [1.82, 2.24) is 10.2 Å². The van der Waals surface area contributed by atoms with E-state index in [1.165, 1.54) is 18.9 Å². The molecule has 0 spiro atoms. The summed E-state index contributed by atoms with van der Waals surface area (Å²) in [6.45, 7) is 7.38. The third-order valence-electron chi connectivity index (χ3n) is 4.33. The van der Waals surface area contributed by atoms with E-state index in [9.17, 15) is 4.39 Å². The van der Waals surface area contributed by atoms with Crippen LogP contribution in [0.5, 0.6) is 0 Å². The zero-order valence-electron chi connectivity index (χ0n) is 12.1. The Hall–Kier alpha value is -0.450. The predicted molar refractivity (Wildman–Crippen MR) is 83.1 cm³/mol. The molecule has 0 amide bonds. The molecule has 1 aromatic carbocycles. The maximum Gasteiger partial charge on any atom is 0.124 e. The first-order valence-corrected chi connectivity index (χ1v) is 8.16. The van der Waals surface area contributed by atoms with E-state index in [4.69, 9.17) is 0 Å². The van der Waals surface area contributed by atoms with E-state index in [1.807, 2.05) is 6.07 Å². The van der Waals surface area contributed by atoms with Gasteiger partial charge in [0.1, 0.15) is 5.82 Å². The summed E-state index contributed by atoms with van der Waals surface area (Å²) in [5, 5.41) is 3.64. The Balaban J connectivity index is 1.77. The van der Waals surface area contributed by atoms with Crippen LogP contribution in [-0.4, -0.2) is 29.6 Å². The molecule has 2 aliphatic rings. The van der Waals surface area contributed by atoms with Crippen molar-refractivity contribution in [3.63, 3.8) is 0 Å². The summed E-state index contributed by atoms with van der Waals surface area (Å²) in [5.74, 6) is 0.669. The topological polar surface area (TPSA) is 15.3 Å². The molecule has 1 N–H and O–H groups in total. The minimum absolute atomic E-state index is 0.135. The van der Waals surface area contributed by atoms with Crippen LogP contribution in [0.25, 0.3) is 0 Å². The number of nitrogens with one attached hydrogen (secondary N) is 1. The molecule has 3 rings (SSSR count). The van der Waals surface area contributed by atoms with Gasteiger partial charge in [0.05, 0.1) is 0 Å². The van der Waals surface area contributed by atoms with Crippen LogP contribution in [0.1, 0.15) is 32.3 Å². The molecule has 1 unspecified atom stereocenters. The molecule has 0 aromatic heterocycles. The fraction of sp³-hybridized carbons (Fsp3) is 0.625. The normalized spacial score (nSPS) is 26.7. The largest absolute Gasteiger partial charge is 0.309 e. The standard InChI is InChI=1S/C16H22BrFN2/c1-16(2)10-20(15(8-19-16)12-3-4-12)9-11-5-13(17)7-14(18)6-11/h5-7,12,15,19H,3-4,8-10H2,1-2H3. The van der Waals surface area contributed by atoms with Gasteiger partial charge < -0.3 is 5.32 Å². The summed E-state index contributed by atoms with van der Waals surface area (Å²) < 4.78 is 14.4. The van der Waals surface area contributed by atoms with Crippen LogP contribution in [0.15, 0.2) is 22.7 Å². The zero-order chi connectivity index (χ0) is 14.3. The fourth-order valence-corrected chi connectivity index (χ4v) is 3.76. The quantitative estimate of drug-likeness (QED) is 0.905. The molecular weight excluding hydrogens is 319 g/mol. The van der Waals surface area contributed by atoms with Crippen molar-refractivity contribution >= 4 is 15.9 Å². The zero-order valence-corrected chi connectivity index (χ0v) is 13.7. The first-order chi connectivity index (χ1) is 9.43. The van der Waals surface area contributed by atoms with E-state index >= 15 is 0 Å². The van der Waals surface area contributed by atoms with Gasteiger partial charge in [-0.05, 0) is 56.4 Å². The third-order valence-corrected chi connectivity index (χ3v) is 4.79. The summed E-state index contributed by atoms with van der Waals surface area (Å²) in [7, 11) is 0. The Morgan fingerprint density at radius 3 is 2.75 bits per heavy atom. The number of piperazine rings is 1. The Kier molecular flexibility index (Phi) is 3.91. The van der Waals surface area contributed by atoms with E-state index in [1.54, 1.807) is 6.07 Å². The van der Waals surface area contributed by atoms with Crippen molar-refractivity contribution < 1.29 is 4.39 Å². The van der Waals surface area contributed by atoms with E-state index in [2.05, 4.69) is 40.0 Å². The summed E-state index contributed by atoms with van der Waals surface area (Å²) >= 11 is 3.39. The molecule has 2 nitrogen and oxygen atoms in total. The van der Waals surface area contributed by atoms with Gasteiger partial charge in [-0.15, -0.1) is 0 Å². The van der Waals surface area contributed by atoms with Gasteiger partial charge in [0, 0.05) is 35.7 Å². The summed E-state index contributed by atoms with van der Waals surface area (Å²) in [6.07, 6.45) is 2.69. The smallest absolute Gasteiger partial charge is 0.124 e. The number of nitrogens with zero attached hydrogens (tertiary/aromatic N) is 1. The van der Waals surface area contributed by atoms with Crippen LogP contribution in [0.3, 0.4) is 0 Å². The molecule has 4 heteroatoms. The lowest BCUT2D eigenvalue weighted by molar-refractivity contribution is 0.0758. The summed E-state index contributed by atoms with van der Waals surface area (Å²) in [6, 6.07) is 5.81. The van der Waals surface area contributed by atoms with E-state index in [0.29, 0.717) is 6.04 Å². The lowest BCUT2D eigenvalue weighted by atomic mass is 9.96. The molecule has 1 heterocycles. The predicted octanol–water partition coefficient (Wildman–Crippen LogP) is 3.55. The number of halogens is 2. The lowest BCUT2D eigenvalue weighted by Crippen LogP contribution is -2.61. The van der Waals surface area contributed by atoms with Crippen LogP contribution in [0.2, 0.25) is 0 Å². The molecule has 1 saturated heterocycles. The number of hydrogen-bond donors (Lipinski definition) is 1. The highest BCUT2D eigenvalue weighted by Gasteiger charge is 2.40. The van der Waals surface area contributed by atoms with Crippen molar-refractivity contribution in [3.8, 4) is 0 Å². The molecule has 1 aromatic rings. The van der Waals surface area contributed by atoms with Crippen molar-refractivity contribution in [3.05, 3.63) is 34.1 Å². The van der Waals surface area contributed by atoms with Crippen LogP contribution in [0.4, 0.5) is 4.39 Å². The second-order valence-electron chi connectivity index (χ2n) is 6.85. The van der Waals surface area contributed by atoms with E-state index in [-0.39, 0.29) is 11.4 Å². The van der Waals surface area contributed by atoms with Crippen molar-refractivity contribution in [2.45, 2.75) is 44.8 Å². The van der Waals surface area contributed by atoms with Crippen LogP contribution >= 0.6 is 15.9 Å². The van der Waals surface area contributed by atoms with Gasteiger partial charge in [-0.3, -0.25) is 4.90 Å². The molecule has 20 heavy (non-hydrogen) atoms. The van der Waals surface area contributed by atoms with Crippen molar-refractivity contribution in [2.75, 3.05) is 13.1 Å². The Bertz CT molecular complexity index is 479. The number of hydrogen-bond acceptors (Lipinski definition) is 2. The Morgan fingerprint density at radius 1 is 1.35 bits per heavy atom. The lowest BCUT2D eigenvalue weighted by Gasteiger charge is -2.45. The average molecular weight is 341 g/mol. The minimum atomic E-state index is -0.160. The molecule has 2 fully saturated rings. The molecular formula is C16H22BrFN2. The number of rotatable bonds is 3. The third kappa shape index (κ3) is 3.41. The molecule has 1 aliphatic carbocycles. The summed E-state index contributed by atoms with van der Waals surface area (Å²) in [4.78, 5) is 2.54. The first kappa shape index (κ1) is 14.5. The van der Waals surface area contributed by atoms with Gasteiger partial charge in [0.25, 0.3) is 0 Å². The minimum Gasteiger partial charge on any atom is -0.309 e. The van der Waals surface area contributed by atoms with Crippen molar-refractivity contribution in [2.24, 2.45) is 5.92 Å². The number of benzene rings is 1. The molecule has 1 saturated carbocycles. The molecule has 0 radical (unpaired) electrons. The second-order valence-corrected chi connectivity index (χ2v) is 7.77. The van der Waals surface area contributed by atoms with Crippen LogP contribution in [0, 0.1) is 11.7 Å². The maximum absolute atomic E-state index is 13.5. The molecule has 1 aliphatic heterocycles. The van der Waals surface area contributed by atoms with Gasteiger partial charge >= 0.3 is 0 Å². The van der Waals surface area contributed by atoms with Crippen LogP contribution < -0.4 is 5.32 Å². The Labute approximate surface area is 128 Å². The van der Waals surface area contributed by atoms with Gasteiger partial charge in [-0.25, -0.2) is 4.39 Å². The van der Waals surface area contributed by atoms with Gasteiger partial charge in [-0.2, -0.15) is 0 Å². The van der Waals surface area contributed by atoms with Gasteiger partial charge in [0.15, 0.2) is 0 Å². The summed E-state index contributed by atoms with van der Waals surface area (Å²) in [5.41, 5.74) is 1.19. The highest BCUT2D eigenvalue weighted by Crippen LogP contribution is 2.37. The fourth-order valence-electron chi connectivity index (χ4n) is 3.25. The SMILES string of the molecule is CC1(C)CN(Cc2cc(F)cc(Br)c2)C(C2CC2)CN1. The highest BCUT2D eigenvalue weighted by atomic mass is 79.9. The molecule has 0 bridgehead atoms. The van der Waals surface area contributed by atoms with Gasteiger partial charge in [0.2, 0.25) is 0 Å². The van der Waals surface area contributed by atoms with Crippen LogP contribution in [-0.2, 0) is 6.54 Å².